The van der Waals surface area contributed by atoms with Crippen molar-refractivity contribution in [3.8, 4) is 0 Å². The van der Waals surface area contributed by atoms with Gasteiger partial charge in [0.1, 0.15) is 0 Å². The summed E-state index contributed by atoms with van der Waals surface area (Å²) in [6.07, 6.45) is 5.48. The van der Waals surface area contributed by atoms with Gasteiger partial charge in [0.15, 0.2) is 0 Å². The first kappa shape index (κ1) is 9.86. The largest absolute Gasteiger partial charge is 0.253 e. The molecule has 0 spiro atoms. The lowest BCUT2D eigenvalue weighted by Gasteiger charge is -1.88. The molecule has 0 unspecified atom stereocenters. The molecule has 15 heavy (non-hydrogen) atoms. The molecule has 2 rings (SSSR count). The van der Waals surface area contributed by atoms with Crippen molar-refractivity contribution in [2.45, 2.75) is 6.92 Å². The van der Waals surface area contributed by atoms with Crippen LogP contribution in [0.15, 0.2) is 41.5 Å². The fourth-order valence-corrected chi connectivity index (χ4v) is 1.96. The fourth-order valence-electron chi connectivity index (χ4n) is 1.14. The Morgan fingerprint density at radius 3 is 3.07 bits per heavy atom. The first-order valence-electron chi connectivity index (χ1n) is 4.66. The van der Waals surface area contributed by atoms with Crippen LogP contribution < -0.4 is 5.43 Å². The van der Waals surface area contributed by atoms with Gasteiger partial charge in [-0.25, -0.2) is 4.98 Å². The lowest BCUT2D eigenvalue weighted by atomic mass is 10.3. The number of fused-ring (bicyclic) bond motifs is 1. The van der Waals surface area contributed by atoms with Gasteiger partial charge < -0.3 is 0 Å². The zero-order valence-electron chi connectivity index (χ0n) is 8.34. The summed E-state index contributed by atoms with van der Waals surface area (Å²) in [4.78, 5) is 4.38. The number of hydrogen-bond donors (Lipinski definition) is 1. The predicted molar refractivity (Wildman–Crippen MR) is 66.5 cm³/mol. The van der Waals surface area contributed by atoms with E-state index in [1.54, 1.807) is 17.6 Å². The Morgan fingerprint density at radius 1 is 1.40 bits per heavy atom. The Labute approximate surface area is 92.2 Å². The van der Waals surface area contributed by atoms with E-state index >= 15 is 0 Å². The van der Waals surface area contributed by atoms with Crippen LogP contribution in [0.3, 0.4) is 0 Å². The topological polar surface area (TPSA) is 37.3 Å². The lowest BCUT2D eigenvalue weighted by molar-refractivity contribution is 1.31. The number of nitrogens with one attached hydrogen (secondary N) is 1. The number of hydrogen-bond acceptors (Lipinski definition) is 4. The third kappa shape index (κ3) is 2.41. The quantitative estimate of drug-likeness (QED) is 0.633. The van der Waals surface area contributed by atoms with E-state index in [9.17, 15) is 0 Å². The SMILES string of the molecule is C/C=C/C=NNc1nc2ccccc2s1. The van der Waals surface area contributed by atoms with Crippen molar-refractivity contribution >= 4 is 32.9 Å². The number of hydrazone groups is 1. The molecule has 0 radical (unpaired) electrons. The molecule has 0 fully saturated rings. The van der Waals surface area contributed by atoms with Crippen LogP contribution in [0.5, 0.6) is 0 Å². The first-order valence-corrected chi connectivity index (χ1v) is 5.48. The molecule has 4 heteroatoms. The van der Waals surface area contributed by atoms with Gasteiger partial charge in [-0.1, -0.05) is 29.5 Å². The van der Waals surface area contributed by atoms with Crippen LogP contribution in [0, 0.1) is 0 Å². The Hall–Kier alpha value is -1.68. The van der Waals surface area contributed by atoms with Crippen molar-refractivity contribution in [1.29, 1.82) is 0 Å². The molecule has 0 amide bonds. The minimum Gasteiger partial charge on any atom is -0.253 e. The molecular weight excluding hydrogens is 206 g/mol. The molecule has 3 nitrogen and oxygen atoms in total. The summed E-state index contributed by atoms with van der Waals surface area (Å²) in [6, 6.07) is 8.03. The van der Waals surface area contributed by atoms with E-state index in [4.69, 9.17) is 0 Å². The molecule has 0 aliphatic rings. The van der Waals surface area contributed by atoms with Gasteiger partial charge >= 0.3 is 0 Å². The second-order valence-corrected chi connectivity index (χ2v) is 3.93. The van der Waals surface area contributed by atoms with Crippen molar-refractivity contribution < 1.29 is 0 Å². The highest BCUT2D eigenvalue weighted by molar-refractivity contribution is 7.22. The first-order chi connectivity index (χ1) is 7.40. The molecule has 0 aliphatic carbocycles. The number of anilines is 1. The van der Waals surface area contributed by atoms with Gasteiger partial charge in [-0.3, -0.25) is 5.43 Å². The van der Waals surface area contributed by atoms with E-state index in [1.807, 2.05) is 43.3 Å². The highest BCUT2D eigenvalue weighted by atomic mass is 32.1. The monoisotopic (exact) mass is 217 g/mol. The predicted octanol–water partition coefficient (Wildman–Crippen LogP) is 3.27. The zero-order valence-corrected chi connectivity index (χ0v) is 9.16. The number of nitrogens with zero attached hydrogens (tertiary/aromatic N) is 2. The molecule has 0 bridgehead atoms. The summed E-state index contributed by atoms with van der Waals surface area (Å²) in [5, 5.41) is 4.83. The molecule has 0 saturated heterocycles. The number of allylic oxidation sites excluding steroid dienone is 2. The number of para-hydroxylation sites is 1. The highest BCUT2D eigenvalue weighted by Crippen LogP contribution is 2.24. The third-order valence-corrected chi connectivity index (χ3v) is 2.75. The molecule has 1 aromatic heterocycles. The lowest BCUT2D eigenvalue weighted by Crippen LogP contribution is -1.85. The smallest absolute Gasteiger partial charge is 0.204 e. The van der Waals surface area contributed by atoms with Gasteiger partial charge in [0.05, 0.1) is 10.2 Å². The Bertz CT molecular complexity index is 466. The van der Waals surface area contributed by atoms with E-state index in [0.29, 0.717) is 0 Å². The molecule has 1 N–H and O–H groups in total. The molecule has 0 saturated carbocycles. The summed E-state index contributed by atoms with van der Waals surface area (Å²) in [5.41, 5.74) is 3.90. The molecule has 2 aromatic rings. The minimum atomic E-state index is 0.817. The minimum absolute atomic E-state index is 0.817. The van der Waals surface area contributed by atoms with Crippen LogP contribution in [0.4, 0.5) is 5.13 Å². The Balaban J connectivity index is 2.15. The standard InChI is InChI=1S/C11H11N3S/c1-2-3-8-12-14-11-13-9-6-4-5-7-10(9)15-11/h2-8H,1H3,(H,13,14)/b3-2+,12-8?. The van der Waals surface area contributed by atoms with E-state index < -0.39 is 0 Å². The summed E-state index contributed by atoms with van der Waals surface area (Å²) in [6.45, 7) is 1.95. The van der Waals surface area contributed by atoms with Gasteiger partial charge in [0.2, 0.25) is 5.13 Å². The zero-order chi connectivity index (χ0) is 10.5. The second kappa shape index (κ2) is 4.70. The van der Waals surface area contributed by atoms with Crippen LogP contribution in [0.25, 0.3) is 10.2 Å². The van der Waals surface area contributed by atoms with Gasteiger partial charge in [-0.2, -0.15) is 5.10 Å². The third-order valence-electron chi connectivity index (χ3n) is 1.81. The highest BCUT2D eigenvalue weighted by Gasteiger charge is 1.99. The molecular formula is C11H11N3S. The molecule has 0 aliphatic heterocycles. The van der Waals surface area contributed by atoms with Crippen LogP contribution >= 0.6 is 11.3 Å². The molecule has 1 heterocycles. The normalized spacial score (nSPS) is 11.8. The van der Waals surface area contributed by atoms with Crippen molar-refractivity contribution in [1.82, 2.24) is 4.98 Å². The number of rotatable bonds is 3. The summed E-state index contributed by atoms with van der Waals surface area (Å²) in [5.74, 6) is 0. The van der Waals surface area contributed by atoms with Crippen LogP contribution in [0.2, 0.25) is 0 Å². The van der Waals surface area contributed by atoms with Crippen LogP contribution in [0.1, 0.15) is 6.92 Å². The van der Waals surface area contributed by atoms with Crippen LogP contribution in [-0.4, -0.2) is 11.2 Å². The molecule has 76 valence electrons. The van der Waals surface area contributed by atoms with E-state index in [-0.39, 0.29) is 0 Å². The average Bonchev–Trinajstić information content (AvgIpc) is 2.67. The van der Waals surface area contributed by atoms with Gasteiger partial charge in [0, 0.05) is 6.21 Å². The second-order valence-electron chi connectivity index (χ2n) is 2.90. The maximum atomic E-state index is 4.38. The number of thiazole rings is 1. The Kier molecular flexibility index (Phi) is 3.09. The van der Waals surface area contributed by atoms with E-state index in [2.05, 4.69) is 15.5 Å². The summed E-state index contributed by atoms with van der Waals surface area (Å²) < 4.78 is 1.17. The van der Waals surface area contributed by atoms with Crippen molar-refractivity contribution in [3.05, 3.63) is 36.4 Å². The number of aromatic nitrogens is 1. The molecule has 1 aromatic carbocycles. The fraction of sp³-hybridized carbons (Fsp3) is 0.0909. The van der Waals surface area contributed by atoms with E-state index in [0.717, 1.165) is 10.6 Å². The van der Waals surface area contributed by atoms with Crippen molar-refractivity contribution in [2.24, 2.45) is 5.10 Å². The summed E-state index contributed by atoms with van der Waals surface area (Å²) in [7, 11) is 0. The maximum Gasteiger partial charge on any atom is 0.204 e. The van der Waals surface area contributed by atoms with E-state index in [1.165, 1.54) is 4.70 Å². The Morgan fingerprint density at radius 2 is 2.27 bits per heavy atom. The van der Waals surface area contributed by atoms with Crippen molar-refractivity contribution in [3.63, 3.8) is 0 Å². The average molecular weight is 217 g/mol. The van der Waals surface area contributed by atoms with Gasteiger partial charge in [-0.05, 0) is 25.1 Å². The van der Waals surface area contributed by atoms with Crippen LogP contribution in [-0.2, 0) is 0 Å². The maximum absolute atomic E-state index is 4.38. The van der Waals surface area contributed by atoms with Gasteiger partial charge in [0.25, 0.3) is 0 Å². The number of benzene rings is 1. The van der Waals surface area contributed by atoms with Crippen molar-refractivity contribution in [2.75, 3.05) is 5.43 Å². The van der Waals surface area contributed by atoms with Gasteiger partial charge in [-0.15, -0.1) is 0 Å². The summed E-state index contributed by atoms with van der Waals surface area (Å²) >= 11 is 1.60. The molecule has 0 atom stereocenters.